The van der Waals surface area contributed by atoms with Crippen LogP contribution < -0.4 is 10.4 Å². The molecular formula is C20H15N2O4S2-. The highest BCUT2D eigenvalue weighted by atomic mass is 32.2. The Morgan fingerprint density at radius 3 is 2.39 bits per heavy atom. The number of aromatic carboxylic acids is 1. The summed E-state index contributed by atoms with van der Waals surface area (Å²) >= 11 is 6.39. The van der Waals surface area contributed by atoms with E-state index in [2.05, 4.69) is 5.32 Å². The number of carboxylic acid groups (broad SMARTS) is 1. The van der Waals surface area contributed by atoms with Crippen LogP contribution in [0.5, 0.6) is 0 Å². The van der Waals surface area contributed by atoms with Gasteiger partial charge in [-0.3, -0.25) is 14.5 Å². The second-order valence-corrected chi connectivity index (χ2v) is 7.77. The largest absolute Gasteiger partial charge is 0.545 e. The number of amides is 2. The van der Waals surface area contributed by atoms with Crippen molar-refractivity contribution in [3.63, 3.8) is 0 Å². The molecule has 2 amide bonds. The third-order valence-corrected chi connectivity index (χ3v) is 5.33. The Hall–Kier alpha value is -2.97. The van der Waals surface area contributed by atoms with Crippen molar-refractivity contribution in [3.05, 3.63) is 70.1 Å². The van der Waals surface area contributed by atoms with Crippen LogP contribution in [0.3, 0.4) is 0 Å². The number of thioether (sulfide) groups is 1. The van der Waals surface area contributed by atoms with Crippen molar-refractivity contribution in [2.45, 2.75) is 6.92 Å². The van der Waals surface area contributed by atoms with Gasteiger partial charge in [0.1, 0.15) is 10.9 Å². The molecule has 2 aromatic carbocycles. The van der Waals surface area contributed by atoms with Gasteiger partial charge in [-0.1, -0.05) is 65.9 Å². The topological polar surface area (TPSA) is 89.5 Å². The number of carboxylic acids is 1. The molecule has 1 fully saturated rings. The van der Waals surface area contributed by atoms with Crippen LogP contribution in [0.1, 0.15) is 21.5 Å². The van der Waals surface area contributed by atoms with E-state index < -0.39 is 11.9 Å². The molecule has 1 heterocycles. The highest BCUT2D eigenvalue weighted by Crippen LogP contribution is 2.32. The number of carbonyl (C=O) groups excluding carboxylic acids is 3. The molecule has 2 aromatic rings. The van der Waals surface area contributed by atoms with Gasteiger partial charge in [0, 0.05) is 5.69 Å². The smallest absolute Gasteiger partial charge is 0.266 e. The van der Waals surface area contributed by atoms with Crippen molar-refractivity contribution in [1.82, 2.24) is 4.90 Å². The average molecular weight is 411 g/mol. The molecule has 0 bridgehead atoms. The normalized spacial score (nSPS) is 15.2. The third kappa shape index (κ3) is 4.65. The molecule has 1 N–H and O–H groups in total. The van der Waals surface area contributed by atoms with E-state index in [4.69, 9.17) is 12.2 Å². The van der Waals surface area contributed by atoms with Gasteiger partial charge in [0.15, 0.2) is 0 Å². The highest BCUT2D eigenvalue weighted by Gasteiger charge is 2.33. The summed E-state index contributed by atoms with van der Waals surface area (Å²) in [6.45, 7) is 1.76. The van der Waals surface area contributed by atoms with Crippen LogP contribution in [0, 0.1) is 6.92 Å². The Balaban J connectivity index is 1.65. The lowest BCUT2D eigenvalue weighted by molar-refractivity contribution is -0.255. The number of nitrogens with one attached hydrogen (secondary N) is 1. The lowest BCUT2D eigenvalue weighted by Crippen LogP contribution is -2.36. The van der Waals surface area contributed by atoms with Gasteiger partial charge in [-0.25, -0.2) is 0 Å². The average Bonchev–Trinajstić information content (AvgIpc) is 2.91. The molecule has 1 aliphatic rings. The number of anilines is 1. The minimum Gasteiger partial charge on any atom is -0.545 e. The molecule has 0 unspecified atom stereocenters. The van der Waals surface area contributed by atoms with Crippen LogP contribution >= 0.6 is 24.0 Å². The Kier molecular flexibility index (Phi) is 5.91. The van der Waals surface area contributed by atoms with E-state index in [1.165, 1.54) is 29.2 Å². The zero-order chi connectivity index (χ0) is 20.3. The molecule has 1 saturated heterocycles. The first-order chi connectivity index (χ1) is 13.3. The molecule has 0 radical (unpaired) electrons. The van der Waals surface area contributed by atoms with Crippen molar-refractivity contribution in [1.29, 1.82) is 0 Å². The number of hydrogen-bond acceptors (Lipinski definition) is 6. The zero-order valence-electron chi connectivity index (χ0n) is 14.8. The van der Waals surface area contributed by atoms with Crippen molar-refractivity contribution >= 4 is 57.8 Å². The van der Waals surface area contributed by atoms with Gasteiger partial charge in [-0.15, -0.1) is 0 Å². The van der Waals surface area contributed by atoms with E-state index in [1.807, 2.05) is 31.2 Å². The maximum absolute atomic E-state index is 12.6. The lowest BCUT2D eigenvalue weighted by Gasteiger charge is -2.14. The fourth-order valence-electron chi connectivity index (χ4n) is 2.48. The second-order valence-electron chi connectivity index (χ2n) is 6.09. The molecule has 0 atom stereocenters. The number of hydrogen-bond donors (Lipinski definition) is 1. The van der Waals surface area contributed by atoms with Gasteiger partial charge < -0.3 is 15.2 Å². The van der Waals surface area contributed by atoms with E-state index in [0.29, 0.717) is 14.9 Å². The third-order valence-electron chi connectivity index (χ3n) is 3.95. The molecule has 6 nitrogen and oxygen atoms in total. The van der Waals surface area contributed by atoms with Gasteiger partial charge in [-0.05, 0) is 36.3 Å². The minimum atomic E-state index is -1.30. The molecule has 28 heavy (non-hydrogen) atoms. The van der Waals surface area contributed by atoms with Crippen LogP contribution in [0.15, 0.2) is 53.4 Å². The summed E-state index contributed by atoms with van der Waals surface area (Å²) in [6.07, 6.45) is 1.75. The minimum absolute atomic E-state index is 0.0104. The summed E-state index contributed by atoms with van der Waals surface area (Å²) in [7, 11) is 0. The fraction of sp³-hybridized carbons (Fsp3) is 0.100. The fourth-order valence-corrected chi connectivity index (χ4v) is 3.74. The Morgan fingerprint density at radius 2 is 1.79 bits per heavy atom. The lowest BCUT2D eigenvalue weighted by atomic mass is 10.1. The Labute approximate surface area is 171 Å². The molecule has 3 rings (SSSR count). The van der Waals surface area contributed by atoms with E-state index >= 15 is 0 Å². The van der Waals surface area contributed by atoms with Crippen LogP contribution in [0.4, 0.5) is 5.69 Å². The summed E-state index contributed by atoms with van der Waals surface area (Å²) in [5.41, 5.74) is 2.42. The highest BCUT2D eigenvalue weighted by molar-refractivity contribution is 8.26. The SMILES string of the molecule is Cc1ccc(C=C2SC(=S)N(CC(=O)Nc3ccc(C(=O)[O-])cc3)C2=O)cc1. The first-order valence-electron chi connectivity index (χ1n) is 8.27. The summed E-state index contributed by atoms with van der Waals surface area (Å²) in [6, 6.07) is 13.3. The van der Waals surface area contributed by atoms with Crippen molar-refractivity contribution in [2.75, 3.05) is 11.9 Å². The molecule has 0 spiro atoms. The van der Waals surface area contributed by atoms with Gasteiger partial charge in [0.2, 0.25) is 5.91 Å². The molecule has 0 saturated carbocycles. The Morgan fingerprint density at radius 1 is 1.14 bits per heavy atom. The van der Waals surface area contributed by atoms with Gasteiger partial charge in [-0.2, -0.15) is 0 Å². The van der Waals surface area contributed by atoms with Gasteiger partial charge in [0.05, 0.1) is 10.9 Å². The maximum atomic E-state index is 12.6. The monoisotopic (exact) mass is 411 g/mol. The number of aryl methyl sites for hydroxylation is 1. The van der Waals surface area contributed by atoms with Gasteiger partial charge >= 0.3 is 0 Å². The number of rotatable bonds is 5. The van der Waals surface area contributed by atoms with Crippen LogP contribution in [-0.2, 0) is 9.59 Å². The van der Waals surface area contributed by atoms with Gasteiger partial charge in [0.25, 0.3) is 5.91 Å². The molecule has 1 aliphatic heterocycles. The van der Waals surface area contributed by atoms with Crippen molar-refractivity contribution in [3.8, 4) is 0 Å². The Bertz CT molecular complexity index is 982. The standard InChI is InChI=1S/C20H16N2O4S2/c1-12-2-4-13(5-3-12)10-16-18(24)22(20(27)28-16)11-17(23)21-15-8-6-14(7-9-15)19(25)26/h2-10H,11H2,1H3,(H,21,23)(H,25,26)/p-1. The number of thiocarbonyl (C=S) groups is 1. The summed E-state index contributed by atoms with van der Waals surface area (Å²) in [5, 5.41) is 13.4. The second kappa shape index (κ2) is 8.37. The molecule has 0 aromatic heterocycles. The predicted molar refractivity (Wildman–Crippen MR) is 110 cm³/mol. The summed E-state index contributed by atoms with van der Waals surface area (Å²) in [5.74, 6) is -2.05. The maximum Gasteiger partial charge on any atom is 0.266 e. The predicted octanol–water partition coefficient (Wildman–Crippen LogP) is 2.20. The van der Waals surface area contributed by atoms with E-state index in [9.17, 15) is 19.5 Å². The van der Waals surface area contributed by atoms with E-state index in [1.54, 1.807) is 6.08 Å². The van der Waals surface area contributed by atoms with E-state index in [-0.39, 0.29) is 18.0 Å². The summed E-state index contributed by atoms with van der Waals surface area (Å²) in [4.78, 5) is 37.3. The molecule has 0 aliphatic carbocycles. The molecule has 8 heteroatoms. The molecular weight excluding hydrogens is 396 g/mol. The first kappa shape index (κ1) is 19.8. The van der Waals surface area contributed by atoms with Crippen LogP contribution in [0.25, 0.3) is 6.08 Å². The van der Waals surface area contributed by atoms with Crippen LogP contribution in [-0.4, -0.2) is 33.5 Å². The van der Waals surface area contributed by atoms with Crippen molar-refractivity contribution in [2.24, 2.45) is 0 Å². The quantitative estimate of drug-likeness (QED) is 0.599. The number of nitrogens with zero attached hydrogens (tertiary/aromatic N) is 1. The molecule has 142 valence electrons. The van der Waals surface area contributed by atoms with Crippen molar-refractivity contribution < 1.29 is 19.5 Å². The van der Waals surface area contributed by atoms with Crippen LogP contribution in [0.2, 0.25) is 0 Å². The zero-order valence-corrected chi connectivity index (χ0v) is 16.4. The van der Waals surface area contributed by atoms with E-state index in [0.717, 1.165) is 22.9 Å². The number of benzene rings is 2. The summed E-state index contributed by atoms with van der Waals surface area (Å²) < 4.78 is 0.311. The number of carbonyl (C=O) groups is 3. The first-order valence-corrected chi connectivity index (χ1v) is 9.49.